The van der Waals surface area contributed by atoms with E-state index in [4.69, 9.17) is 4.74 Å². The van der Waals surface area contributed by atoms with Crippen molar-refractivity contribution in [3.63, 3.8) is 0 Å². The molecule has 1 saturated heterocycles. The summed E-state index contributed by atoms with van der Waals surface area (Å²) in [5, 5.41) is 12.6. The van der Waals surface area contributed by atoms with E-state index in [1.807, 2.05) is 30.3 Å². The van der Waals surface area contributed by atoms with Crippen LogP contribution in [0.5, 0.6) is 0 Å². The Balaban J connectivity index is 2.00. The van der Waals surface area contributed by atoms with Crippen molar-refractivity contribution in [3.05, 3.63) is 35.9 Å². The fourth-order valence-corrected chi connectivity index (χ4v) is 3.51. The van der Waals surface area contributed by atoms with Crippen LogP contribution in [-0.4, -0.2) is 65.4 Å². The molecular weight excluding hydrogens is 388 g/mol. The zero-order chi connectivity index (χ0) is 21.9. The van der Waals surface area contributed by atoms with Crippen LogP contribution in [0.25, 0.3) is 0 Å². The molecule has 8 heteroatoms. The number of esters is 1. The SMILES string of the molecule is CC(=O)OCC(=O)CN1CCCCCC(NC(CCc2ccccc2)C(=O)O)C1=O. The zero-order valence-electron chi connectivity index (χ0n) is 17.3. The lowest BCUT2D eigenvalue weighted by Crippen LogP contribution is -2.54. The molecule has 2 rings (SSSR count). The van der Waals surface area contributed by atoms with Crippen LogP contribution in [0.3, 0.4) is 0 Å². The van der Waals surface area contributed by atoms with Crippen molar-refractivity contribution in [1.82, 2.24) is 10.2 Å². The number of nitrogens with zero attached hydrogens (tertiary/aromatic N) is 1. The van der Waals surface area contributed by atoms with Crippen molar-refractivity contribution in [2.45, 2.75) is 57.5 Å². The van der Waals surface area contributed by atoms with Crippen LogP contribution >= 0.6 is 0 Å². The van der Waals surface area contributed by atoms with E-state index in [-0.39, 0.29) is 24.8 Å². The van der Waals surface area contributed by atoms with Crippen LogP contribution in [0, 0.1) is 0 Å². The fraction of sp³-hybridized carbons (Fsp3) is 0.545. The molecule has 8 nitrogen and oxygen atoms in total. The molecule has 2 unspecified atom stereocenters. The van der Waals surface area contributed by atoms with E-state index in [1.165, 1.54) is 11.8 Å². The Bertz CT molecular complexity index is 736. The molecule has 0 radical (unpaired) electrons. The maximum absolute atomic E-state index is 13.0. The molecule has 164 valence electrons. The minimum absolute atomic E-state index is 0.147. The third-order valence-corrected chi connectivity index (χ3v) is 5.10. The summed E-state index contributed by atoms with van der Waals surface area (Å²) in [6.45, 7) is 1.12. The van der Waals surface area contributed by atoms with E-state index >= 15 is 0 Å². The third kappa shape index (κ3) is 7.94. The monoisotopic (exact) mass is 418 g/mol. The van der Waals surface area contributed by atoms with Crippen molar-refractivity contribution in [3.8, 4) is 0 Å². The number of carbonyl (C=O) groups excluding carboxylic acids is 3. The van der Waals surface area contributed by atoms with E-state index in [2.05, 4.69) is 5.32 Å². The van der Waals surface area contributed by atoms with Crippen LogP contribution in [-0.2, 0) is 30.3 Å². The molecule has 2 N–H and O–H groups in total. The van der Waals surface area contributed by atoms with Gasteiger partial charge in [0.15, 0.2) is 12.4 Å². The Morgan fingerprint density at radius 2 is 1.93 bits per heavy atom. The summed E-state index contributed by atoms with van der Waals surface area (Å²) in [4.78, 5) is 49.2. The maximum atomic E-state index is 13.0. The Morgan fingerprint density at radius 1 is 1.20 bits per heavy atom. The lowest BCUT2D eigenvalue weighted by atomic mass is 10.00. The Labute approximate surface area is 176 Å². The predicted octanol–water partition coefficient (Wildman–Crippen LogP) is 1.57. The van der Waals surface area contributed by atoms with Gasteiger partial charge in [0, 0.05) is 13.5 Å². The highest BCUT2D eigenvalue weighted by Crippen LogP contribution is 2.15. The van der Waals surface area contributed by atoms with Crippen LogP contribution in [0.1, 0.15) is 44.6 Å². The van der Waals surface area contributed by atoms with Crippen molar-refractivity contribution in [2.24, 2.45) is 0 Å². The molecule has 1 aromatic carbocycles. The predicted molar refractivity (Wildman–Crippen MR) is 110 cm³/mol. The molecule has 0 spiro atoms. The highest BCUT2D eigenvalue weighted by Gasteiger charge is 2.31. The third-order valence-electron chi connectivity index (χ3n) is 5.10. The van der Waals surface area contributed by atoms with Crippen LogP contribution < -0.4 is 5.32 Å². The second-order valence-electron chi connectivity index (χ2n) is 7.56. The Morgan fingerprint density at radius 3 is 2.60 bits per heavy atom. The van der Waals surface area contributed by atoms with Gasteiger partial charge < -0.3 is 14.7 Å². The number of aryl methyl sites for hydroxylation is 1. The zero-order valence-corrected chi connectivity index (χ0v) is 17.3. The molecule has 1 aliphatic rings. The lowest BCUT2D eigenvalue weighted by Gasteiger charge is -2.31. The molecule has 1 amide bonds. The Hall–Kier alpha value is -2.74. The van der Waals surface area contributed by atoms with Gasteiger partial charge in [0.2, 0.25) is 5.91 Å². The average molecular weight is 418 g/mol. The number of ketones is 1. The molecule has 0 aliphatic carbocycles. The van der Waals surface area contributed by atoms with E-state index in [9.17, 15) is 24.3 Å². The molecule has 1 aliphatic heterocycles. The van der Waals surface area contributed by atoms with Gasteiger partial charge in [-0.25, -0.2) is 0 Å². The number of hydrogen-bond acceptors (Lipinski definition) is 6. The van der Waals surface area contributed by atoms with Crippen LogP contribution in [0.15, 0.2) is 30.3 Å². The summed E-state index contributed by atoms with van der Waals surface area (Å²) in [6, 6.07) is 8.07. The number of likely N-dealkylation sites (tertiary alicyclic amines) is 1. The van der Waals surface area contributed by atoms with Gasteiger partial charge in [-0.1, -0.05) is 43.2 Å². The van der Waals surface area contributed by atoms with E-state index in [1.54, 1.807) is 0 Å². The van der Waals surface area contributed by atoms with E-state index in [0.29, 0.717) is 25.8 Å². The first-order valence-electron chi connectivity index (χ1n) is 10.3. The summed E-state index contributed by atoms with van der Waals surface area (Å²) in [5.74, 6) is -2.20. The molecule has 0 aromatic heterocycles. The number of nitrogens with one attached hydrogen (secondary N) is 1. The first-order chi connectivity index (χ1) is 14.4. The second kappa shape index (κ2) is 12.1. The topological polar surface area (TPSA) is 113 Å². The quantitative estimate of drug-likeness (QED) is 0.555. The minimum atomic E-state index is -1.00. The standard InChI is InChI=1S/C22H30N2O6/c1-16(25)30-15-18(26)14-24-13-7-3-6-10-19(21(24)27)23-20(22(28)29)12-11-17-8-4-2-5-9-17/h2,4-5,8-9,19-20,23H,3,6-7,10-15H2,1H3,(H,28,29). The number of Topliss-reactive ketones (excluding diaryl/α,β-unsaturated/α-hetero) is 1. The van der Waals surface area contributed by atoms with Crippen LogP contribution in [0.4, 0.5) is 0 Å². The first-order valence-corrected chi connectivity index (χ1v) is 10.3. The Kier molecular flexibility index (Phi) is 9.47. The molecule has 1 aromatic rings. The van der Waals surface area contributed by atoms with Gasteiger partial charge in [-0.3, -0.25) is 24.5 Å². The normalized spacial score (nSPS) is 18.2. The number of ether oxygens (including phenoxy) is 1. The van der Waals surface area contributed by atoms with Gasteiger partial charge in [-0.2, -0.15) is 0 Å². The maximum Gasteiger partial charge on any atom is 0.320 e. The number of amides is 1. The largest absolute Gasteiger partial charge is 0.480 e. The summed E-state index contributed by atoms with van der Waals surface area (Å²) >= 11 is 0. The number of benzene rings is 1. The molecule has 0 saturated carbocycles. The number of carbonyl (C=O) groups is 4. The minimum Gasteiger partial charge on any atom is -0.480 e. The molecular formula is C22H30N2O6. The van der Waals surface area contributed by atoms with Gasteiger partial charge in [0.05, 0.1) is 12.6 Å². The molecule has 30 heavy (non-hydrogen) atoms. The lowest BCUT2D eigenvalue weighted by molar-refractivity contribution is -0.147. The summed E-state index contributed by atoms with van der Waals surface area (Å²) in [5.41, 5.74) is 1.03. The van der Waals surface area contributed by atoms with Crippen molar-refractivity contribution in [1.29, 1.82) is 0 Å². The fourth-order valence-electron chi connectivity index (χ4n) is 3.51. The summed E-state index contributed by atoms with van der Waals surface area (Å²) in [6.07, 6.45) is 3.93. The number of carboxylic acids is 1. The van der Waals surface area contributed by atoms with Crippen molar-refractivity contribution >= 4 is 23.6 Å². The van der Waals surface area contributed by atoms with Crippen molar-refractivity contribution < 1.29 is 29.0 Å². The molecule has 1 fully saturated rings. The molecule has 2 atom stereocenters. The number of aliphatic carboxylic acids is 1. The average Bonchev–Trinajstić information content (AvgIpc) is 2.71. The highest BCUT2D eigenvalue weighted by molar-refractivity contribution is 5.90. The van der Waals surface area contributed by atoms with Gasteiger partial charge >= 0.3 is 11.9 Å². The van der Waals surface area contributed by atoms with Gasteiger partial charge in [-0.05, 0) is 31.2 Å². The van der Waals surface area contributed by atoms with E-state index in [0.717, 1.165) is 24.8 Å². The van der Waals surface area contributed by atoms with Gasteiger partial charge in [-0.15, -0.1) is 0 Å². The number of rotatable bonds is 10. The number of hydrogen-bond donors (Lipinski definition) is 2. The van der Waals surface area contributed by atoms with Gasteiger partial charge in [0.1, 0.15) is 6.04 Å². The highest BCUT2D eigenvalue weighted by atomic mass is 16.5. The summed E-state index contributed by atoms with van der Waals surface area (Å²) < 4.78 is 4.71. The van der Waals surface area contributed by atoms with Gasteiger partial charge in [0.25, 0.3) is 0 Å². The second-order valence-corrected chi connectivity index (χ2v) is 7.56. The smallest absolute Gasteiger partial charge is 0.320 e. The number of carboxylic acid groups (broad SMARTS) is 1. The molecule has 0 bridgehead atoms. The van der Waals surface area contributed by atoms with Crippen molar-refractivity contribution in [2.75, 3.05) is 19.7 Å². The first kappa shape index (κ1) is 23.5. The van der Waals surface area contributed by atoms with Crippen LogP contribution in [0.2, 0.25) is 0 Å². The van der Waals surface area contributed by atoms with E-state index < -0.39 is 24.0 Å². The summed E-state index contributed by atoms with van der Waals surface area (Å²) in [7, 11) is 0. The molecule has 1 heterocycles.